The Morgan fingerprint density at radius 1 is 1.25 bits per heavy atom. The summed E-state index contributed by atoms with van der Waals surface area (Å²) < 4.78 is 8.90. The Balaban J connectivity index is 1.52. The molecule has 0 spiro atoms. The highest BCUT2D eigenvalue weighted by Crippen LogP contribution is 2.23. The molecule has 0 aliphatic carbocycles. The highest BCUT2D eigenvalue weighted by Gasteiger charge is 2.14. The summed E-state index contributed by atoms with van der Waals surface area (Å²) in [6, 6.07) is 11.2. The van der Waals surface area contributed by atoms with Gasteiger partial charge < -0.3 is 14.6 Å². The number of rotatable bonds is 5. The van der Waals surface area contributed by atoms with Gasteiger partial charge in [0.05, 0.1) is 13.7 Å². The van der Waals surface area contributed by atoms with Crippen LogP contribution in [-0.4, -0.2) is 37.3 Å². The molecule has 0 unspecified atom stereocenters. The maximum absolute atomic E-state index is 12.5. The Morgan fingerprint density at radius 3 is 2.89 bits per heavy atom. The van der Waals surface area contributed by atoms with Gasteiger partial charge in [-0.1, -0.05) is 6.07 Å². The average Bonchev–Trinajstić information content (AvgIpc) is 3.32. The number of nitrogens with zero attached hydrogens (tertiary/aromatic N) is 5. The van der Waals surface area contributed by atoms with Gasteiger partial charge in [0.2, 0.25) is 0 Å². The third-order valence-electron chi connectivity index (χ3n) is 4.53. The molecule has 4 rings (SSSR count). The molecule has 4 aromatic rings. The standard InChI is InChI=1S/C20H20N6O2/c1-13-6-7-17(28-3)16(11-13)26-10-8-15(24-26)20(27)22-12-18-23-14-5-4-9-21-19(14)25(18)2/h4-11H,12H2,1-3H3,(H,22,27). The number of carbonyl (C=O) groups excluding carboxylic acids is 1. The van der Waals surface area contributed by atoms with Crippen LogP contribution in [0.3, 0.4) is 0 Å². The van der Waals surface area contributed by atoms with E-state index < -0.39 is 0 Å². The summed E-state index contributed by atoms with van der Waals surface area (Å²) in [7, 11) is 3.49. The molecule has 8 heteroatoms. The van der Waals surface area contributed by atoms with Gasteiger partial charge >= 0.3 is 0 Å². The number of nitrogens with one attached hydrogen (secondary N) is 1. The first-order chi connectivity index (χ1) is 13.6. The van der Waals surface area contributed by atoms with E-state index in [1.165, 1.54) is 0 Å². The Hall–Kier alpha value is -3.68. The topological polar surface area (TPSA) is 86.9 Å². The lowest BCUT2D eigenvalue weighted by Gasteiger charge is -2.09. The summed E-state index contributed by atoms with van der Waals surface area (Å²) in [4.78, 5) is 21.4. The first-order valence-electron chi connectivity index (χ1n) is 8.82. The molecule has 0 saturated heterocycles. The van der Waals surface area contributed by atoms with Crippen LogP contribution >= 0.6 is 0 Å². The fourth-order valence-electron chi connectivity index (χ4n) is 3.04. The van der Waals surface area contributed by atoms with E-state index in [1.807, 2.05) is 48.9 Å². The van der Waals surface area contributed by atoms with E-state index in [-0.39, 0.29) is 12.5 Å². The Morgan fingerprint density at radius 2 is 2.11 bits per heavy atom. The van der Waals surface area contributed by atoms with Crippen molar-refractivity contribution in [1.29, 1.82) is 0 Å². The van der Waals surface area contributed by atoms with E-state index in [2.05, 4.69) is 20.4 Å². The van der Waals surface area contributed by atoms with Crippen LogP contribution in [0.1, 0.15) is 21.9 Å². The number of aryl methyl sites for hydroxylation is 2. The largest absolute Gasteiger partial charge is 0.494 e. The number of carbonyl (C=O) groups is 1. The summed E-state index contributed by atoms with van der Waals surface area (Å²) in [5.41, 5.74) is 3.75. The van der Waals surface area contributed by atoms with Gasteiger partial charge in [-0.05, 0) is 42.8 Å². The minimum Gasteiger partial charge on any atom is -0.494 e. The molecule has 3 heterocycles. The molecule has 0 fully saturated rings. The van der Waals surface area contributed by atoms with Crippen LogP contribution in [-0.2, 0) is 13.6 Å². The maximum atomic E-state index is 12.5. The fourth-order valence-corrected chi connectivity index (χ4v) is 3.04. The molecule has 0 saturated carbocycles. The maximum Gasteiger partial charge on any atom is 0.272 e. The van der Waals surface area contributed by atoms with Gasteiger partial charge in [0.15, 0.2) is 11.3 Å². The molecule has 1 amide bonds. The van der Waals surface area contributed by atoms with Crippen molar-refractivity contribution in [3.8, 4) is 11.4 Å². The Bertz CT molecular complexity index is 1160. The molecule has 1 N–H and O–H groups in total. The molecular formula is C20H20N6O2. The molecular weight excluding hydrogens is 356 g/mol. The number of hydrogen-bond acceptors (Lipinski definition) is 5. The van der Waals surface area contributed by atoms with Crippen LogP contribution in [0, 0.1) is 6.92 Å². The molecule has 1 aromatic carbocycles. The monoisotopic (exact) mass is 376 g/mol. The number of methoxy groups -OCH3 is 1. The third-order valence-corrected chi connectivity index (χ3v) is 4.53. The molecule has 3 aromatic heterocycles. The van der Waals surface area contributed by atoms with Gasteiger partial charge in [0, 0.05) is 19.4 Å². The van der Waals surface area contributed by atoms with Gasteiger partial charge in [-0.2, -0.15) is 5.10 Å². The zero-order chi connectivity index (χ0) is 19.7. The van der Waals surface area contributed by atoms with Crippen LogP contribution in [0.25, 0.3) is 16.9 Å². The van der Waals surface area contributed by atoms with Crippen molar-refractivity contribution in [2.24, 2.45) is 7.05 Å². The van der Waals surface area contributed by atoms with Crippen molar-refractivity contribution in [1.82, 2.24) is 29.6 Å². The van der Waals surface area contributed by atoms with Crippen LogP contribution in [0.5, 0.6) is 5.75 Å². The van der Waals surface area contributed by atoms with Gasteiger partial charge in [0.25, 0.3) is 5.91 Å². The number of imidazole rings is 1. The van der Waals surface area contributed by atoms with Gasteiger partial charge in [-0.15, -0.1) is 0 Å². The molecule has 0 aliphatic rings. The van der Waals surface area contributed by atoms with E-state index in [0.29, 0.717) is 11.4 Å². The number of fused-ring (bicyclic) bond motifs is 1. The zero-order valence-corrected chi connectivity index (χ0v) is 15.9. The number of hydrogen-bond donors (Lipinski definition) is 1. The van der Waals surface area contributed by atoms with E-state index in [0.717, 1.165) is 28.2 Å². The average molecular weight is 376 g/mol. The molecule has 0 aliphatic heterocycles. The molecule has 0 bridgehead atoms. The summed E-state index contributed by atoms with van der Waals surface area (Å²) >= 11 is 0. The van der Waals surface area contributed by atoms with Crippen molar-refractivity contribution in [3.63, 3.8) is 0 Å². The zero-order valence-electron chi connectivity index (χ0n) is 15.9. The quantitative estimate of drug-likeness (QED) is 0.578. The third kappa shape index (κ3) is 3.20. The van der Waals surface area contributed by atoms with Gasteiger partial charge in [-0.3, -0.25) is 4.79 Å². The Labute approximate surface area is 161 Å². The van der Waals surface area contributed by atoms with E-state index in [4.69, 9.17) is 4.74 Å². The SMILES string of the molecule is COc1ccc(C)cc1-n1ccc(C(=O)NCc2nc3cccnc3n2C)n1. The minimum absolute atomic E-state index is 0.273. The summed E-state index contributed by atoms with van der Waals surface area (Å²) in [5.74, 6) is 1.14. The molecule has 0 radical (unpaired) electrons. The Kier molecular flexibility index (Phi) is 4.52. The number of amides is 1. The molecule has 28 heavy (non-hydrogen) atoms. The minimum atomic E-state index is -0.273. The number of ether oxygens (including phenoxy) is 1. The molecule has 142 valence electrons. The second kappa shape index (κ2) is 7.15. The van der Waals surface area contributed by atoms with Crippen LogP contribution < -0.4 is 10.1 Å². The summed E-state index contributed by atoms with van der Waals surface area (Å²) in [5, 5.41) is 7.26. The van der Waals surface area contributed by atoms with Crippen LogP contribution in [0.2, 0.25) is 0 Å². The van der Waals surface area contributed by atoms with Gasteiger partial charge in [0.1, 0.15) is 22.8 Å². The molecule has 8 nitrogen and oxygen atoms in total. The van der Waals surface area contributed by atoms with Crippen molar-refractivity contribution in [2.75, 3.05) is 7.11 Å². The number of aromatic nitrogens is 5. The first kappa shape index (κ1) is 17.7. The lowest BCUT2D eigenvalue weighted by molar-refractivity contribution is 0.0944. The predicted molar refractivity (Wildman–Crippen MR) is 105 cm³/mol. The van der Waals surface area contributed by atoms with Crippen LogP contribution in [0.15, 0.2) is 48.8 Å². The summed E-state index contributed by atoms with van der Waals surface area (Å²) in [6.45, 7) is 2.28. The van der Waals surface area contributed by atoms with E-state index >= 15 is 0 Å². The van der Waals surface area contributed by atoms with Crippen molar-refractivity contribution in [3.05, 3.63) is 65.9 Å². The lowest BCUT2D eigenvalue weighted by atomic mass is 10.2. The predicted octanol–water partition coefficient (Wildman–Crippen LogP) is 2.40. The van der Waals surface area contributed by atoms with Crippen molar-refractivity contribution >= 4 is 17.1 Å². The van der Waals surface area contributed by atoms with Crippen molar-refractivity contribution in [2.45, 2.75) is 13.5 Å². The number of pyridine rings is 1. The highest BCUT2D eigenvalue weighted by atomic mass is 16.5. The van der Waals surface area contributed by atoms with Crippen LogP contribution in [0.4, 0.5) is 0 Å². The second-order valence-electron chi connectivity index (χ2n) is 6.44. The fraction of sp³-hybridized carbons (Fsp3) is 0.200. The van der Waals surface area contributed by atoms with Crippen molar-refractivity contribution < 1.29 is 9.53 Å². The highest BCUT2D eigenvalue weighted by molar-refractivity contribution is 5.92. The molecule has 0 atom stereocenters. The normalized spacial score (nSPS) is 11.0. The second-order valence-corrected chi connectivity index (χ2v) is 6.44. The summed E-state index contributed by atoms with van der Waals surface area (Å²) in [6.07, 6.45) is 3.46. The smallest absolute Gasteiger partial charge is 0.272 e. The van der Waals surface area contributed by atoms with Gasteiger partial charge in [-0.25, -0.2) is 14.6 Å². The first-order valence-corrected chi connectivity index (χ1v) is 8.82. The lowest BCUT2D eigenvalue weighted by Crippen LogP contribution is -2.25. The van der Waals surface area contributed by atoms with E-state index in [1.54, 1.807) is 30.3 Å². The number of benzene rings is 1. The van der Waals surface area contributed by atoms with E-state index in [9.17, 15) is 4.79 Å².